The van der Waals surface area contributed by atoms with Crippen LogP contribution in [0, 0.1) is 5.41 Å². The zero-order valence-corrected chi connectivity index (χ0v) is 8.37. The minimum absolute atomic E-state index is 0. The van der Waals surface area contributed by atoms with E-state index in [1.807, 2.05) is 0 Å². The van der Waals surface area contributed by atoms with Crippen LogP contribution in [0.4, 0.5) is 0 Å². The van der Waals surface area contributed by atoms with Crippen molar-refractivity contribution in [2.75, 3.05) is 0 Å². The first-order chi connectivity index (χ1) is 4.09. The molecule has 1 fully saturated rings. The molecule has 6 nitrogen and oxygen atoms in total. The molecule has 0 aromatic carbocycles. The molecular formula is C5H10N2O4Pt. The quantitative estimate of drug-likeness (QED) is 0.720. The molecule has 12 heavy (non-hydrogen) atoms. The SMILES string of the molecule is O=C(O)C1(C(=O)O)CC1.[NH2-].[NH2-].[Pt+2]. The van der Waals surface area contributed by atoms with E-state index < -0.39 is 17.4 Å². The minimum Gasteiger partial charge on any atom is -0.693 e. The smallest absolute Gasteiger partial charge is 0.693 e. The topological polar surface area (TPSA) is 142 Å². The first-order valence-corrected chi connectivity index (χ1v) is 2.56. The van der Waals surface area contributed by atoms with Gasteiger partial charge in [0.15, 0.2) is 5.41 Å². The van der Waals surface area contributed by atoms with Gasteiger partial charge in [-0.25, -0.2) is 0 Å². The van der Waals surface area contributed by atoms with Crippen LogP contribution < -0.4 is 0 Å². The Bertz CT molecular complexity index is 164. The van der Waals surface area contributed by atoms with E-state index in [1.54, 1.807) is 0 Å². The van der Waals surface area contributed by atoms with Gasteiger partial charge in [-0.2, -0.15) is 0 Å². The Labute approximate surface area is 83.8 Å². The van der Waals surface area contributed by atoms with Gasteiger partial charge in [0.1, 0.15) is 0 Å². The molecule has 0 atom stereocenters. The van der Waals surface area contributed by atoms with Gasteiger partial charge in [0.2, 0.25) is 0 Å². The molecule has 0 unspecified atom stereocenters. The van der Waals surface area contributed by atoms with Crippen molar-refractivity contribution in [1.29, 1.82) is 0 Å². The summed E-state index contributed by atoms with van der Waals surface area (Å²) in [6, 6.07) is 0. The van der Waals surface area contributed by atoms with Crippen molar-refractivity contribution in [3.8, 4) is 0 Å². The summed E-state index contributed by atoms with van der Waals surface area (Å²) in [4.78, 5) is 20.3. The van der Waals surface area contributed by atoms with E-state index in [0.717, 1.165) is 0 Å². The summed E-state index contributed by atoms with van der Waals surface area (Å²) in [6.07, 6.45) is 0.551. The molecule has 1 saturated carbocycles. The van der Waals surface area contributed by atoms with E-state index in [1.165, 1.54) is 0 Å². The Kier molecular flexibility index (Phi) is 7.68. The Morgan fingerprint density at radius 3 is 1.25 bits per heavy atom. The van der Waals surface area contributed by atoms with Gasteiger partial charge < -0.3 is 22.5 Å². The molecule has 74 valence electrons. The van der Waals surface area contributed by atoms with Crippen molar-refractivity contribution in [3.05, 3.63) is 12.3 Å². The molecule has 7 heteroatoms. The Morgan fingerprint density at radius 1 is 1.00 bits per heavy atom. The average Bonchev–Trinajstić information content (AvgIpc) is 2.40. The van der Waals surface area contributed by atoms with Crippen LogP contribution in [0.2, 0.25) is 0 Å². The largest absolute Gasteiger partial charge is 2.00 e. The number of rotatable bonds is 2. The van der Waals surface area contributed by atoms with E-state index in [9.17, 15) is 9.59 Å². The number of carbonyl (C=O) groups is 2. The van der Waals surface area contributed by atoms with Crippen molar-refractivity contribution in [1.82, 2.24) is 0 Å². The van der Waals surface area contributed by atoms with Crippen LogP contribution in [0.15, 0.2) is 0 Å². The third-order valence-electron chi connectivity index (χ3n) is 1.57. The number of hydrogen-bond acceptors (Lipinski definition) is 2. The van der Waals surface area contributed by atoms with Gasteiger partial charge in [0.25, 0.3) is 0 Å². The van der Waals surface area contributed by atoms with E-state index in [0.29, 0.717) is 0 Å². The summed E-state index contributed by atoms with van der Waals surface area (Å²) >= 11 is 0. The molecule has 0 bridgehead atoms. The minimum atomic E-state index is -1.42. The first-order valence-electron chi connectivity index (χ1n) is 2.56. The normalized spacial score (nSPS) is 15.7. The molecule has 0 aromatic rings. The number of hydrogen-bond donors (Lipinski definition) is 2. The van der Waals surface area contributed by atoms with Crippen LogP contribution in [0.1, 0.15) is 12.8 Å². The monoisotopic (exact) mass is 357 g/mol. The van der Waals surface area contributed by atoms with Gasteiger partial charge in [-0.05, 0) is 12.8 Å². The van der Waals surface area contributed by atoms with E-state index in [4.69, 9.17) is 10.2 Å². The maximum absolute atomic E-state index is 10.1. The predicted octanol–water partition coefficient (Wildman–Crippen LogP) is 1.37. The second-order valence-corrected chi connectivity index (χ2v) is 2.19. The number of carboxylic acid groups (broad SMARTS) is 2. The third kappa shape index (κ3) is 2.55. The maximum Gasteiger partial charge on any atom is 2.00 e. The van der Waals surface area contributed by atoms with Crippen molar-refractivity contribution in [3.63, 3.8) is 0 Å². The van der Waals surface area contributed by atoms with Gasteiger partial charge in [-0.3, -0.25) is 9.59 Å². The van der Waals surface area contributed by atoms with Gasteiger partial charge in [0, 0.05) is 0 Å². The summed E-state index contributed by atoms with van der Waals surface area (Å²) in [6.45, 7) is 0. The standard InChI is InChI=1S/C5H6O4.2H2N.Pt/c6-3(7)5(1-2-5)4(8)9;;;/h1-2H2,(H,6,7)(H,8,9);2*1H2;/q;2*-1;+2. The molecule has 1 rings (SSSR count). The van der Waals surface area contributed by atoms with Crippen LogP contribution in [0.3, 0.4) is 0 Å². The molecular weight excluding hydrogens is 347 g/mol. The Balaban J connectivity index is -0.000000270. The molecule has 1 aliphatic carbocycles. The molecule has 0 aromatic heterocycles. The van der Waals surface area contributed by atoms with Gasteiger partial charge >= 0.3 is 33.0 Å². The molecule has 0 amide bonds. The molecule has 0 aliphatic heterocycles. The van der Waals surface area contributed by atoms with Gasteiger partial charge in [-0.1, -0.05) is 0 Å². The predicted molar refractivity (Wildman–Crippen MR) is 37.5 cm³/mol. The van der Waals surface area contributed by atoms with Crippen molar-refractivity contribution in [2.24, 2.45) is 5.41 Å². The number of carboxylic acids is 2. The maximum atomic E-state index is 10.1. The van der Waals surface area contributed by atoms with Crippen molar-refractivity contribution >= 4 is 11.9 Å². The molecule has 0 saturated heterocycles. The van der Waals surface area contributed by atoms with E-state index >= 15 is 0 Å². The van der Waals surface area contributed by atoms with Crippen molar-refractivity contribution < 1.29 is 40.9 Å². The van der Waals surface area contributed by atoms with E-state index in [-0.39, 0.29) is 46.2 Å². The summed E-state index contributed by atoms with van der Waals surface area (Å²) in [5, 5.41) is 16.6. The summed E-state index contributed by atoms with van der Waals surface area (Å²) in [5.74, 6) is -2.43. The number of aliphatic carboxylic acids is 2. The van der Waals surface area contributed by atoms with Gasteiger partial charge in [0.05, 0.1) is 0 Å². The third-order valence-corrected chi connectivity index (χ3v) is 1.57. The van der Waals surface area contributed by atoms with E-state index in [2.05, 4.69) is 0 Å². The fraction of sp³-hybridized carbons (Fsp3) is 0.600. The molecule has 0 spiro atoms. The summed E-state index contributed by atoms with van der Waals surface area (Å²) < 4.78 is 0. The van der Waals surface area contributed by atoms with Crippen molar-refractivity contribution in [2.45, 2.75) is 12.8 Å². The second-order valence-electron chi connectivity index (χ2n) is 2.19. The summed E-state index contributed by atoms with van der Waals surface area (Å²) in [7, 11) is 0. The Hall–Kier alpha value is -0.452. The number of nitrogens with two attached hydrogens (primary N) is 2. The molecule has 0 radical (unpaired) electrons. The van der Waals surface area contributed by atoms with Crippen LogP contribution >= 0.6 is 0 Å². The van der Waals surface area contributed by atoms with Crippen LogP contribution in [0.5, 0.6) is 0 Å². The molecule has 1 aliphatic rings. The zero-order valence-electron chi connectivity index (χ0n) is 6.10. The first kappa shape index (κ1) is 17.6. The second kappa shape index (κ2) is 5.24. The fourth-order valence-corrected chi connectivity index (χ4v) is 0.644. The molecule has 6 N–H and O–H groups in total. The fourth-order valence-electron chi connectivity index (χ4n) is 0.644. The Morgan fingerprint density at radius 2 is 1.25 bits per heavy atom. The average molecular weight is 357 g/mol. The van der Waals surface area contributed by atoms with Crippen LogP contribution in [-0.2, 0) is 30.7 Å². The molecule has 0 heterocycles. The summed E-state index contributed by atoms with van der Waals surface area (Å²) in [5.41, 5.74) is -1.42. The zero-order chi connectivity index (χ0) is 7.07. The van der Waals surface area contributed by atoms with Gasteiger partial charge in [-0.15, -0.1) is 0 Å². The van der Waals surface area contributed by atoms with Crippen LogP contribution in [0.25, 0.3) is 12.3 Å². The van der Waals surface area contributed by atoms with Crippen LogP contribution in [-0.4, -0.2) is 22.2 Å².